The maximum absolute atomic E-state index is 9.46. The molecule has 1 N–H and O–H groups in total. The predicted molar refractivity (Wildman–Crippen MR) is 90.1 cm³/mol. The number of rotatable bonds is 7. The highest BCUT2D eigenvalue weighted by molar-refractivity contribution is 4.97. The lowest BCUT2D eigenvalue weighted by Crippen LogP contribution is -2.42. The number of nitrogens with one attached hydrogen (secondary N) is 1. The van der Waals surface area contributed by atoms with Gasteiger partial charge in [0.1, 0.15) is 0 Å². The summed E-state index contributed by atoms with van der Waals surface area (Å²) in [5.41, 5.74) is 0.420. The van der Waals surface area contributed by atoms with Gasteiger partial charge in [0.15, 0.2) is 0 Å². The van der Waals surface area contributed by atoms with Gasteiger partial charge in [-0.25, -0.2) is 0 Å². The van der Waals surface area contributed by atoms with Crippen LogP contribution < -0.4 is 5.32 Å². The topological polar surface area (TPSA) is 39.1 Å². The Hall–Kier alpha value is -0.590. The molecule has 0 saturated heterocycles. The SMILES string of the molecule is CCN(CC)CCNC(C#N)C1CCC(C(C)(C)C)CC1. The quantitative estimate of drug-likeness (QED) is 0.778. The maximum atomic E-state index is 9.46. The first kappa shape index (κ1) is 18.5. The van der Waals surface area contributed by atoms with Crippen molar-refractivity contribution in [2.24, 2.45) is 17.3 Å². The van der Waals surface area contributed by atoms with Crippen LogP contribution in [-0.2, 0) is 0 Å². The van der Waals surface area contributed by atoms with E-state index in [-0.39, 0.29) is 6.04 Å². The smallest absolute Gasteiger partial charge is 0.0981 e. The van der Waals surface area contributed by atoms with Crippen molar-refractivity contribution in [3.63, 3.8) is 0 Å². The highest BCUT2D eigenvalue weighted by Gasteiger charge is 2.32. The molecule has 1 unspecified atom stereocenters. The van der Waals surface area contributed by atoms with Gasteiger partial charge in [0.25, 0.3) is 0 Å². The van der Waals surface area contributed by atoms with Gasteiger partial charge in [0, 0.05) is 13.1 Å². The second kappa shape index (κ2) is 8.76. The molecule has 0 bridgehead atoms. The van der Waals surface area contributed by atoms with Crippen LogP contribution in [0.1, 0.15) is 60.3 Å². The van der Waals surface area contributed by atoms with E-state index in [9.17, 15) is 5.26 Å². The molecule has 0 aromatic rings. The summed E-state index contributed by atoms with van der Waals surface area (Å²) >= 11 is 0. The van der Waals surface area contributed by atoms with Crippen LogP contribution in [-0.4, -0.2) is 37.1 Å². The molecule has 1 aliphatic rings. The lowest BCUT2D eigenvalue weighted by Gasteiger charge is -2.38. The lowest BCUT2D eigenvalue weighted by atomic mass is 9.68. The van der Waals surface area contributed by atoms with Gasteiger partial charge in [-0.05, 0) is 56.0 Å². The van der Waals surface area contributed by atoms with Crippen LogP contribution >= 0.6 is 0 Å². The van der Waals surface area contributed by atoms with E-state index in [1.165, 1.54) is 25.7 Å². The molecule has 122 valence electrons. The third-order valence-corrected chi connectivity index (χ3v) is 5.29. The molecule has 3 heteroatoms. The molecule has 1 atom stereocenters. The maximum Gasteiger partial charge on any atom is 0.0981 e. The standard InChI is InChI=1S/C18H35N3/c1-6-21(7-2)13-12-20-17(14-19)15-8-10-16(11-9-15)18(3,4)5/h15-17,20H,6-13H2,1-5H3. The molecule has 0 heterocycles. The van der Waals surface area contributed by atoms with Crippen molar-refractivity contribution in [2.75, 3.05) is 26.2 Å². The van der Waals surface area contributed by atoms with E-state index in [0.717, 1.165) is 32.1 Å². The molecule has 3 nitrogen and oxygen atoms in total. The van der Waals surface area contributed by atoms with Gasteiger partial charge in [-0.2, -0.15) is 5.26 Å². The first-order chi connectivity index (χ1) is 9.92. The Labute approximate surface area is 132 Å². The fraction of sp³-hybridized carbons (Fsp3) is 0.944. The number of likely N-dealkylation sites (N-methyl/N-ethyl adjacent to an activating group) is 1. The summed E-state index contributed by atoms with van der Waals surface area (Å²) in [6, 6.07) is 2.55. The minimum atomic E-state index is 0.0430. The molecular weight excluding hydrogens is 258 g/mol. The van der Waals surface area contributed by atoms with Gasteiger partial charge in [-0.1, -0.05) is 34.6 Å². The number of nitrogens with zero attached hydrogens (tertiary/aromatic N) is 2. The zero-order valence-corrected chi connectivity index (χ0v) is 14.8. The van der Waals surface area contributed by atoms with Crippen LogP contribution in [0, 0.1) is 28.6 Å². The monoisotopic (exact) mass is 293 g/mol. The van der Waals surface area contributed by atoms with Gasteiger partial charge in [0.05, 0.1) is 12.1 Å². The number of hydrogen-bond donors (Lipinski definition) is 1. The van der Waals surface area contributed by atoms with Crippen molar-refractivity contribution in [1.29, 1.82) is 5.26 Å². The van der Waals surface area contributed by atoms with E-state index >= 15 is 0 Å². The largest absolute Gasteiger partial charge is 0.303 e. The van der Waals surface area contributed by atoms with Crippen LogP contribution in [0.5, 0.6) is 0 Å². The first-order valence-electron chi connectivity index (χ1n) is 8.77. The molecule has 21 heavy (non-hydrogen) atoms. The van der Waals surface area contributed by atoms with Crippen molar-refractivity contribution in [2.45, 2.75) is 66.3 Å². The summed E-state index contributed by atoms with van der Waals surface area (Å²) in [5, 5.41) is 12.9. The van der Waals surface area contributed by atoms with E-state index in [4.69, 9.17) is 0 Å². The zero-order chi connectivity index (χ0) is 15.9. The van der Waals surface area contributed by atoms with Gasteiger partial charge >= 0.3 is 0 Å². The van der Waals surface area contributed by atoms with Gasteiger partial charge < -0.3 is 10.2 Å². The van der Waals surface area contributed by atoms with Crippen molar-refractivity contribution in [3.05, 3.63) is 0 Å². The summed E-state index contributed by atoms with van der Waals surface area (Å²) in [5.74, 6) is 1.37. The third-order valence-electron chi connectivity index (χ3n) is 5.29. The predicted octanol–water partition coefficient (Wildman–Crippen LogP) is 3.66. The Morgan fingerprint density at radius 2 is 1.71 bits per heavy atom. The number of hydrogen-bond acceptors (Lipinski definition) is 3. The summed E-state index contributed by atoms with van der Waals surface area (Å²) < 4.78 is 0. The van der Waals surface area contributed by atoms with E-state index in [2.05, 4.69) is 50.9 Å². The van der Waals surface area contributed by atoms with Crippen LogP contribution in [0.2, 0.25) is 0 Å². The minimum absolute atomic E-state index is 0.0430. The highest BCUT2D eigenvalue weighted by atomic mass is 15.1. The summed E-state index contributed by atoms with van der Waals surface area (Å²) in [6.45, 7) is 15.6. The second-order valence-electron chi connectivity index (χ2n) is 7.57. The van der Waals surface area contributed by atoms with E-state index in [0.29, 0.717) is 11.3 Å². The first-order valence-corrected chi connectivity index (χ1v) is 8.77. The molecule has 1 rings (SSSR count). The Balaban J connectivity index is 2.36. The molecule has 1 fully saturated rings. The molecule has 0 radical (unpaired) electrons. The third kappa shape index (κ3) is 5.96. The molecule has 0 amide bonds. The van der Waals surface area contributed by atoms with Crippen molar-refractivity contribution < 1.29 is 0 Å². The Morgan fingerprint density at radius 1 is 1.14 bits per heavy atom. The van der Waals surface area contributed by atoms with E-state index in [1.807, 2.05) is 0 Å². The Bertz CT molecular complexity index is 314. The van der Waals surface area contributed by atoms with Crippen LogP contribution in [0.4, 0.5) is 0 Å². The van der Waals surface area contributed by atoms with E-state index < -0.39 is 0 Å². The molecule has 0 aliphatic heterocycles. The van der Waals surface area contributed by atoms with Crippen molar-refractivity contribution >= 4 is 0 Å². The fourth-order valence-electron chi connectivity index (χ4n) is 3.55. The average Bonchev–Trinajstić information content (AvgIpc) is 2.47. The molecule has 1 saturated carbocycles. The van der Waals surface area contributed by atoms with Crippen molar-refractivity contribution in [1.82, 2.24) is 10.2 Å². The van der Waals surface area contributed by atoms with Gasteiger partial charge in [0.2, 0.25) is 0 Å². The van der Waals surface area contributed by atoms with Crippen LogP contribution in [0.15, 0.2) is 0 Å². The Morgan fingerprint density at radius 3 is 2.14 bits per heavy atom. The van der Waals surface area contributed by atoms with Crippen molar-refractivity contribution in [3.8, 4) is 6.07 Å². The molecule has 0 spiro atoms. The average molecular weight is 293 g/mol. The Kier molecular flexibility index (Phi) is 7.70. The highest BCUT2D eigenvalue weighted by Crippen LogP contribution is 2.40. The van der Waals surface area contributed by atoms with E-state index in [1.54, 1.807) is 0 Å². The second-order valence-corrected chi connectivity index (χ2v) is 7.57. The van der Waals surface area contributed by atoms with Crippen LogP contribution in [0.3, 0.4) is 0 Å². The summed E-state index contributed by atoms with van der Waals surface area (Å²) in [4.78, 5) is 2.40. The minimum Gasteiger partial charge on any atom is -0.303 e. The summed E-state index contributed by atoms with van der Waals surface area (Å²) in [7, 11) is 0. The fourth-order valence-corrected chi connectivity index (χ4v) is 3.55. The molecule has 0 aromatic carbocycles. The normalized spacial score (nSPS) is 24.8. The molecule has 0 aromatic heterocycles. The zero-order valence-electron chi connectivity index (χ0n) is 14.8. The molecular formula is C18H35N3. The van der Waals surface area contributed by atoms with Crippen LogP contribution in [0.25, 0.3) is 0 Å². The summed E-state index contributed by atoms with van der Waals surface area (Å²) in [6.07, 6.45) is 4.98. The number of nitriles is 1. The molecule has 1 aliphatic carbocycles. The van der Waals surface area contributed by atoms with Gasteiger partial charge in [-0.3, -0.25) is 0 Å². The van der Waals surface area contributed by atoms with Gasteiger partial charge in [-0.15, -0.1) is 0 Å². The lowest BCUT2D eigenvalue weighted by molar-refractivity contribution is 0.140.